The summed E-state index contributed by atoms with van der Waals surface area (Å²) in [6, 6.07) is 4.49. The molecule has 5 nitrogen and oxygen atoms in total. The van der Waals surface area contributed by atoms with Crippen LogP contribution in [0.15, 0.2) is 21.5 Å². The Hall–Kier alpha value is -1.57. The fourth-order valence-electron chi connectivity index (χ4n) is 3.01. The van der Waals surface area contributed by atoms with E-state index in [0.29, 0.717) is 12.4 Å². The highest BCUT2D eigenvalue weighted by Gasteiger charge is 2.07. The van der Waals surface area contributed by atoms with Crippen LogP contribution in [0.2, 0.25) is 0 Å². The highest BCUT2D eigenvalue weighted by Crippen LogP contribution is 2.16. The molecule has 0 spiro atoms. The molecular weight excluding hydrogens is 439 g/mol. The smallest absolute Gasteiger partial charge is 0.216 e. The lowest BCUT2D eigenvalue weighted by atomic mass is 9.97. The first kappa shape index (κ1) is 22.5. The number of hydrogen-bond acceptors (Lipinski definition) is 3. The van der Waals surface area contributed by atoms with Crippen LogP contribution in [0.5, 0.6) is 0 Å². The number of benzene rings is 1. The summed E-state index contributed by atoms with van der Waals surface area (Å²) in [6.45, 7) is 14.5. The van der Waals surface area contributed by atoms with Gasteiger partial charge >= 0.3 is 0 Å². The van der Waals surface area contributed by atoms with Gasteiger partial charge in [-0.2, -0.15) is 0 Å². The van der Waals surface area contributed by atoms with Crippen LogP contribution in [-0.2, 0) is 13.0 Å². The summed E-state index contributed by atoms with van der Waals surface area (Å²) in [5.41, 5.74) is 6.36. The van der Waals surface area contributed by atoms with E-state index in [0.717, 1.165) is 36.9 Å². The first-order valence-corrected chi connectivity index (χ1v) is 8.92. The van der Waals surface area contributed by atoms with Crippen molar-refractivity contribution in [1.29, 1.82) is 0 Å². The van der Waals surface area contributed by atoms with Crippen molar-refractivity contribution in [2.75, 3.05) is 13.1 Å². The Kier molecular flexibility index (Phi) is 9.12. The summed E-state index contributed by atoms with van der Waals surface area (Å²) in [4.78, 5) is 8.94. The predicted molar refractivity (Wildman–Crippen MR) is 119 cm³/mol. The number of oxazole rings is 1. The van der Waals surface area contributed by atoms with Gasteiger partial charge in [0.2, 0.25) is 5.89 Å². The van der Waals surface area contributed by atoms with Crippen LogP contribution in [0, 0.1) is 34.6 Å². The van der Waals surface area contributed by atoms with Gasteiger partial charge in [0, 0.05) is 13.1 Å². The first-order chi connectivity index (χ1) is 11.9. The van der Waals surface area contributed by atoms with Gasteiger partial charge in [-0.3, -0.25) is 0 Å². The molecule has 0 radical (unpaired) electrons. The molecule has 0 amide bonds. The number of aliphatic imine (C=N–C) groups is 1. The van der Waals surface area contributed by atoms with E-state index < -0.39 is 0 Å². The van der Waals surface area contributed by atoms with Gasteiger partial charge in [0.15, 0.2) is 5.96 Å². The van der Waals surface area contributed by atoms with Crippen molar-refractivity contribution in [3.63, 3.8) is 0 Å². The lowest BCUT2D eigenvalue weighted by molar-refractivity contribution is 0.473. The Balaban J connectivity index is 0.00000338. The van der Waals surface area contributed by atoms with Crippen molar-refractivity contribution >= 4 is 29.9 Å². The van der Waals surface area contributed by atoms with Gasteiger partial charge in [0.25, 0.3) is 0 Å². The number of nitrogens with zero attached hydrogens (tertiary/aromatic N) is 2. The number of aromatic nitrogens is 1. The van der Waals surface area contributed by atoms with Gasteiger partial charge < -0.3 is 15.1 Å². The van der Waals surface area contributed by atoms with Crippen molar-refractivity contribution < 1.29 is 4.42 Å². The fraction of sp³-hybridized carbons (Fsp3) is 0.500. The van der Waals surface area contributed by atoms with E-state index in [2.05, 4.69) is 60.4 Å². The van der Waals surface area contributed by atoms with Crippen LogP contribution >= 0.6 is 24.0 Å². The minimum Gasteiger partial charge on any atom is -0.444 e. The standard InChI is InChI=1S/C20H30N4O.HI/c1-7-21-20(23-12-19-24-16(5)17(6)25-19)22-9-8-18-14(3)10-13(2)11-15(18)4;/h10-11H,7-9,12H2,1-6H3,(H2,21,22,23);1H. The topological polar surface area (TPSA) is 62.5 Å². The van der Waals surface area contributed by atoms with Crippen molar-refractivity contribution in [2.24, 2.45) is 4.99 Å². The molecule has 0 saturated heterocycles. The lowest BCUT2D eigenvalue weighted by Gasteiger charge is -2.14. The summed E-state index contributed by atoms with van der Waals surface area (Å²) in [5, 5.41) is 6.67. The molecule has 0 aliphatic carbocycles. The average molecular weight is 470 g/mol. The molecule has 6 heteroatoms. The monoisotopic (exact) mass is 470 g/mol. The second-order valence-corrected chi connectivity index (χ2v) is 6.50. The number of rotatable bonds is 6. The molecule has 0 bridgehead atoms. The second kappa shape index (κ2) is 10.5. The highest BCUT2D eigenvalue weighted by atomic mass is 127. The molecule has 0 aliphatic rings. The van der Waals surface area contributed by atoms with Gasteiger partial charge in [0.1, 0.15) is 12.3 Å². The van der Waals surface area contributed by atoms with E-state index in [1.165, 1.54) is 22.3 Å². The summed E-state index contributed by atoms with van der Waals surface area (Å²) in [5.74, 6) is 2.30. The molecule has 2 rings (SSSR count). The number of aryl methyl sites for hydroxylation is 5. The van der Waals surface area contributed by atoms with Crippen LogP contribution in [0.4, 0.5) is 0 Å². The molecule has 26 heavy (non-hydrogen) atoms. The third-order valence-electron chi connectivity index (χ3n) is 4.30. The van der Waals surface area contributed by atoms with E-state index >= 15 is 0 Å². The van der Waals surface area contributed by atoms with E-state index in [4.69, 9.17) is 4.42 Å². The molecule has 1 aromatic carbocycles. The van der Waals surface area contributed by atoms with E-state index in [1.54, 1.807) is 0 Å². The number of hydrogen-bond donors (Lipinski definition) is 2. The third kappa shape index (κ3) is 6.30. The Labute approximate surface area is 174 Å². The van der Waals surface area contributed by atoms with Crippen LogP contribution in [0.3, 0.4) is 0 Å². The Morgan fingerprint density at radius 3 is 2.27 bits per heavy atom. The molecule has 0 atom stereocenters. The van der Waals surface area contributed by atoms with Crippen molar-refractivity contribution in [2.45, 2.75) is 54.5 Å². The zero-order valence-corrected chi connectivity index (χ0v) is 19.0. The average Bonchev–Trinajstić information content (AvgIpc) is 2.85. The molecular formula is C20H31IN4O. The minimum absolute atomic E-state index is 0. The van der Waals surface area contributed by atoms with Gasteiger partial charge in [-0.15, -0.1) is 24.0 Å². The predicted octanol–water partition coefficient (Wildman–Crippen LogP) is 4.13. The molecule has 2 aromatic rings. The second-order valence-electron chi connectivity index (χ2n) is 6.50. The summed E-state index contributed by atoms with van der Waals surface area (Å²) >= 11 is 0. The van der Waals surface area contributed by atoms with Gasteiger partial charge in [0.05, 0.1) is 5.69 Å². The summed E-state index contributed by atoms with van der Waals surface area (Å²) < 4.78 is 5.59. The van der Waals surface area contributed by atoms with E-state index in [1.807, 2.05) is 13.8 Å². The van der Waals surface area contributed by atoms with Gasteiger partial charge in [-0.25, -0.2) is 9.98 Å². The Morgan fingerprint density at radius 1 is 1.08 bits per heavy atom. The van der Waals surface area contributed by atoms with Crippen LogP contribution in [0.25, 0.3) is 0 Å². The van der Waals surface area contributed by atoms with Crippen molar-refractivity contribution in [3.8, 4) is 0 Å². The Bertz CT molecular complexity index is 710. The van der Waals surface area contributed by atoms with Crippen LogP contribution in [0.1, 0.15) is 46.5 Å². The van der Waals surface area contributed by atoms with E-state index in [9.17, 15) is 0 Å². The molecule has 0 fully saturated rings. The summed E-state index contributed by atoms with van der Waals surface area (Å²) in [7, 11) is 0. The molecule has 144 valence electrons. The van der Waals surface area contributed by atoms with Crippen LogP contribution in [-0.4, -0.2) is 24.0 Å². The normalized spacial score (nSPS) is 11.2. The molecule has 0 saturated carbocycles. The fourth-order valence-corrected chi connectivity index (χ4v) is 3.01. The molecule has 2 N–H and O–H groups in total. The maximum atomic E-state index is 5.59. The van der Waals surface area contributed by atoms with Crippen molar-refractivity contribution in [3.05, 3.63) is 51.7 Å². The maximum absolute atomic E-state index is 5.59. The van der Waals surface area contributed by atoms with Crippen LogP contribution < -0.4 is 10.6 Å². The number of halogens is 1. The molecule has 1 aromatic heterocycles. The lowest BCUT2D eigenvalue weighted by Crippen LogP contribution is -2.38. The molecule has 1 heterocycles. The zero-order chi connectivity index (χ0) is 18.4. The first-order valence-electron chi connectivity index (χ1n) is 8.92. The summed E-state index contributed by atoms with van der Waals surface area (Å²) in [6.07, 6.45) is 0.972. The highest BCUT2D eigenvalue weighted by molar-refractivity contribution is 14.0. The van der Waals surface area contributed by atoms with E-state index in [-0.39, 0.29) is 24.0 Å². The zero-order valence-electron chi connectivity index (χ0n) is 16.7. The van der Waals surface area contributed by atoms with Gasteiger partial charge in [-0.1, -0.05) is 17.7 Å². The number of nitrogens with one attached hydrogen (secondary N) is 2. The maximum Gasteiger partial charge on any atom is 0.216 e. The quantitative estimate of drug-likeness (QED) is 0.379. The minimum atomic E-state index is 0. The van der Waals surface area contributed by atoms with Gasteiger partial charge in [-0.05, 0) is 64.7 Å². The largest absolute Gasteiger partial charge is 0.444 e. The Morgan fingerprint density at radius 2 is 1.73 bits per heavy atom. The third-order valence-corrected chi connectivity index (χ3v) is 4.30. The SMILES string of the molecule is CCNC(=NCc1nc(C)c(C)o1)NCCc1c(C)cc(C)cc1C.I. The molecule has 0 aliphatic heterocycles. The molecule has 0 unspecified atom stereocenters. The van der Waals surface area contributed by atoms with Crippen molar-refractivity contribution in [1.82, 2.24) is 15.6 Å². The number of guanidine groups is 1.